The van der Waals surface area contributed by atoms with Gasteiger partial charge in [-0.05, 0) is 19.8 Å². The first kappa shape index (κ1) is 16.9. The minimum atomic E-state index is -0.228. The number of aromatic nitrogens is 1. The highest BCUT2D eigenvalue weighted by atomic mass is 32.1. The van der Waals surface area contributed by atoms with Crippen molar-refractivity contribution in [3.8, 4) is 0 Å². The maximum absolute atomic E-state index is 11.3. The van der Waals surface area contributed by atoms with Crippen LogP contribution in [0.4, 0.5) is 5.13 Å². The molecule has 1 aromatic heterocycles. The van der Waals surface area contributed by atoms with E-state index < -0.39 is 0 Å². The van der Waals surface area contributed by atoms with Gasteiger partial charge in [0.2, 0.25) is 0 Å². The van der Waals surface area contributed by atoms with Crippen molar-refractivity contribution in [1.82, 2.24) is 4.98 Å². The Labute approximate surface area is 124 Å². The molecule has 1 N–H and O–H groups in total. The molecule has 0 radical (unpaired) electrons. The zero-order chi connectivity index (χ0) is 14.6. The van der Waals surface area contributed by atoms with E-state index in [0.717, 1.165) is 43.4 Å². The smallest absolute Gasteiger partial charge is 0.311 e. The van der Waals surface area contributed by atoms with E-state index in [1.807, 2.05) is 5.38 Å². The molecule has 1 aromatic rings. The van der Waals surface area contributed by atoms with Crippen LogP contribution in [0.25, 0.3) is 0 Å². The Morgan fingerprint density at radius 3 is 2.90 bits per heavy atom. The summed E-state index contributed by atoms with van der Waals surface area (Å²) in [6.07, 6.45) is 3.49. The highest BCUT2D eigenvalue weighted by molar-refractivity contribution is 7.13. The van der Waals surface area contributed by atoms with E-state index >= 15 is 0 Å². The van der Waals surface area contributed by atoms with Crippen LogP contribution in [0.15, 0.2) is 5.38 Å². The molecule has 0 aliphatic rings. The lowest BCUT2D eigenvalue weighted by Gasteiger charge is -2.04. The number of ether oxygens (including phenoxy) is 2. The number of carbonyl (C=O) groups is 1. The molecule has 0 unspecified atom stereocenters. The summed E-state index contributed by atoms with van der Waals surface area (Å²) >= 11 is 1.51. The molecule has 1 heterocycles. The fourth-order valence-corrected chi connectivity index (χ4v) is 2.29. The average molecular weight is 300 g/mol. The molecule has 6 heteroatoms. The van der Waals surface area contributed by atoms with Crippen LogP contribution in [0.1, 0.15) is 38.8 Å². The highest BCUT2D eigenvalue weighted by Gasteiger charge is 2.07. The molecule has 0 bridgehead atoms. The molecular weight excluding hydrogens is 276 g/mol. The van der Waals surface area contributed by atoms with Crippen molar-refractivity contribution >= 4 is 22.4 Å². The van der Waals surface area contributed by atoms with Gasteiger partial charge in [0.15, 0.2) is 5.13 Å². The van der Waals surface area contributed by atoms with Crippen LogP contribution in [0.5, 0.6) is 0 Å². The Hall–Kier alpha value is -1.14. The van der Waals surface area contributed by atoms with E-state index in [9.17, 15) is 4.79 Å². The first-order chi connectivity index (χ1) is 9.76. The number of unbranched alkanes of at least 4 members (excludes halogenated alkanes) is 1. The number of rotatable bonds is 11. The number of anilines is 1. The Kier molecular flexibility index (Phi) is 8.98. The van der Waals surface area contributed by atoms with Crippen LogP contribution >= 0.6 is 11.3 Å². The predicted octanol–water partition coefficient (Wildman–Crippen LogP) is 2.87. The molecule has 0 aliphatic heterocycles. The molecule has 20 heavy (non-hydrogen) atoms. The van der Waals surface area contributed by atoms with E-state index in [0.29, 0.717) is 6.61 Å². The number of thiazole rings is 1. The van der Waals surface area contributed by atoms with E-state index in [-0.39, 0.29) is 12.4 Å². The molecule has 0 atom stereocenters. The molecule has 0 saturated carbocycles. The molecule has 0 saturated heterocycles. The van der Waals surface area contributed by atoms with Crippen molar-refractivity contribution in [3.63, 3.8) is 0 Å². The van der Waals surface area contributed by atoms with Gasteiger partial charge < -0.3 is 14.8 Å². The molecule has 5 nitrogen and oxygen atoms in total. The Morgan fingerprint density at radius 1 is 1.35 bits per heavy atom. The van der Waals surface area contributed by atoms with Crippen LogP contribution < -0.4 is 5.32 Å². The second kappa shape index (κ2) is 10.6. The summed E-state index contributed by atoms with van der Waals surface area (Å²) in [6, 6.07) is 0. The normalized spacial score (nSPS) is 10.5. The summed E-state index contributed by atoms with van der Waals surface area (Å²) in [6.45, 7) is 6.81. The van der Waals surface area contributed by atoms with Gasteiger partial charge in [0.05, 0.1) is 18.7 Å². The quantitative estimate of drug-likeness (QED) is 0.503. The van der Waals surface area contributed by atoms with Crippen molar-refractivity contribution in [1.29, 1.82) is 0 Å². The minimum Gasteiger partial charge on any atom is -0.466 e. The number of hydrogen-bond donors (Lipinski definition) is 1. The van der Waals surface area contributed by atoms with Crippen molar-refractivity contribution in [2.45, 2.75) is 39.5 Å². The standard InChI is InChI=1S/C14H24N2O3S/c1-3-5-8-18-9-6-7-15-14-16-12(11-20-14)10-13(17)19-4-2/h11H,3-10H2,1-2H3,(H,15,16). The van der Waals surface area contributed by atoms with Crippen LogP contribution in [0, 0.1) is 0 Å². The summed E-state index contributed by atoms with van der Waals surface area (Å²) in [5.41, 5.74) is 0.759. The van der Waals surface area contributed by atoms with Gasteiger partial charge in [-0.3, -0.25) is 4.79 Å². The number of carbonyl (C=O) groups excluding carboxylic acids is 1. The van der Waals surface area contributed by atoms with Crippen LogP contribution in [0.3, 0.4) is 0 Å². The third-order valence-corrected chi connectivity index (χ3v) is 3.42. The maximum atomic E-state index is 11.3. The SMILES string of the molecule is CCCCOCCCNc1nc(CC(=O)OCC)cs1. The summed E-state index contributed by atoms with van der Waals surface area (Å²) in [4.78, 5) is 15.7. The second-order valence-electron chi connectivity index (χ2n) is 4.37. The van der Waals surface area contributed by atoms with Gasteiger partial charge in [-0.15, -0.1) is 11.3 Å². The molecule has 0 spiro atoms. The summed E-state index contributed by atoms with van der Waals surface area (Å²) in [5.74, 6) is -0.228. The van der Waals surface area contributed by atoms with Crippen molar-refractivity contribution in [2.75, 3.05) is 31.7 Å². The van der Waals surface area contributed by atoms with E-state index in [2.05, 4.69) is 17.2 Å². The first-order valence-electron chi connectivity index (χ1n) is 7.17. The molecule has 0 amide bonds. The number of nitrogens with one attached hydrogen (secondary N) is 1. The zero-order valence-corrected chi connectivity index (χ0v) is 13.1. The monoisotopic (exact) mass is 300 g/mol. The molecule has 114 valence electrons. The Bertz CT molecular complexity index is 382. The second-order valence-corrected chi connectivity index (χ2v) is 5.23. The van der Waals surface area contributed by atoms with Gasteiger partial charge in [-0.1, -0.05) is 13.3 Å². The number of nitrogens with zero attached hydrogens (tertiary/aromatic N) is 1. The predicted molar refractivity (Wildman–Crippen MR) is 81.3 cm³/mol. The third-order valence-electron chi connectivity index (χ3n) is 2.57. The molecule has 0 fully saturated rings. The third kappa shape index (κ3) is 7.45. The zero-order valence-electron chi connectivity index (χ0n) is 12.3. The minimum absolute atomic E-state index is 0.228. The van der Waals surface area contributed by atoms with Gasteiger partial charge in [-0.2, -0.15) is 0 Å². The average Bonchev–Trinajstić information content (AvgIpc) is 2.85. The number of hydrogen-bond acceptors (Lipinski definition) is 6. The fourth-order valence-electron chi connectivity index (χ4n) is 1.55. The van der Waals surface area contributed by atoms with Crippen LogP contribution in [0.2, 0.25) is 0 Å². The van der Waals surface area contributed by atoms with Gasteiger partial charge in [-0.25, -0.2) is 4.98 Å². The molecule has 0 aliphatic carbocycles. The highest BCUT2D eigenvalue weighted by Crippen LogP contribution is 2.15. The largest absolute Gasteiger partial charge is 0.466 e. The molecule has 0 aromatic carbocycles. The first-order valence-corrected chi connectivity index (χ1v) is 8.05. The van der Waals surface area contributed by atoms with E-state index in [1.54, 1.807) is 6.92 Å². The summed E-state index contributed by atoms with van der Waals surface area (Å²) in [7, 11) is 0. The van der Waals surface area contributed by atoms with Crippen LogP contribution in [-0.4, -0.2) is 37.3 Å². The topological polar surface area (TPSA) is 60.5 Å². The lowest BCUT2D eigenvalue weighted by molar-refractivity contribution is -0.142. The van der Waals surface area contributed by atoms with Crippen molar-refractivity contribution in [3.05, 3.63) is 11.1 Å². The van der Waals surface area contributed by atoms with E-state index in [4.69, 9.17) is 9.47 Å². The summed E-state index contributed by atoms with van der Waals surface area (Å²) in [5, 5.41) is 5.97. The van der Waals surface area contributed by atoms with Crippen molar-refractivity contribution < 1.29 is 14.3 Å². The Morgan fingerprint density at radius 2 is 2.15 bits per heavy atom. The fraction of sp³-hybridized carbons (Fsp3) is 0.714. The van der Waals surface area contributed by atoms with Gasteiger partial charge >= 0.3 is 5.97 Å². The Balaban J connectivity index is 2.12. The number of esters is 1. The summed E-state index contributed by atoms with van der Waals surface area (Å²) < 4.78 is 10.4. The van der Waals surface area contributed by atoms with Crippen LogP contribution in [-0.2, 0) is 20.7 Å². The lowest BCUT2D eigenvalue weighted by atomic mass is 10.3. The molecular formula is C14H24N2O3S. The maximum Gasteiger partial charge on any atom is 0.311 e. The van der Waals surface area contributed by atoms with Crippen molar-refractivity contribution in [2.24, 2.45) is 0 Å². The van der Waals surface area contributed by atoms with Gasteiger partial charge in [0.25, 0.3) is 0 Å². The molecule has 1 rings (SSSR count). The van der Waals surface area contributed by atoms with Gasteiger partial charge in [0, 0.05) is 25.1 Å². The lowest BCUT2D eigenvalue weighted by Crippen LogP contribution is -2.08. The van der Waals surface area contributed by atoms with Gasteiger partial charge in [0.1, 0.15) is 0 Å². The van der Waals surface area contributed by atoms with E-state index in [1.165, 1.54) is 17.8 Å².